The SMILES string of the molecule is CC(C)C[C@@H](NC(=O)[C@@H](CCc1ccccc1)NC(=O)[C@H](N)Cc1ccccc1)C(=O)N[C@H](CCCN)C(=O)NCCCC[C@H](NC(=O)[C@@H](CCCN)NC(=O)[C@@H](CC(C)C)NC(=O)[C@@H](Cc1ccccc1)NC(=O)[C@H](N)Cc1ccccc1)C(=O)O. The number of carbonyl (C=O) groups is 9. The molecular formula is C65H94N12O10. The van der Waals surface area contributed by atoms with Crippen molar-refractivity contribution in [1.29, 1.82) is 0 Å². The van der Waals surface area contributed by atoms with Crippen LogP contribution in [-0.4, -0.2) is 132 Å². The molecule has 0 saturated carbocycles. The summed E-state index contributed by atoms with van der Waals surface area (Å²) in [5.41, 5.74) is 27.7. The third kappa shape index (κ3) is 27.0. The molecule has 4 aromatic rings. The number of hydrogen-bond donors (Lipinski definition) is 13. The zero-order chi connectivity index (χ0) is 63.7. The van der Waals surface area contributed by atoms with Gasteiger partial charge in [0.1, 0.15) is 42.3 Å². The summed E-state index contributed by atoms with van der Waals surface area (Å²) in [6, 6.07) is 26.9. The highest BCUT2D eigenvalue weighted by Crippen LogP contribution is 2.14. The van der Waals surface area contributed by atoms with Crippen LogP contribution in [0.3, 0.4) is 0 Å². The predicted octanol–water partition coefficient (Wildman–Crippen LogP) is 2.34. The number of carboxylic acids is 1. The molecule has 0 fully saturated rings. The molecule has 4 aromatic carbocycles. The minimum absolute atomic E-state index is 0.0471. The largest absolute Gasteiger partial charge is 0.480 e. The number of carbonyl (C=O) groups excluding carboxylic acids is 8. The Morgan fingerprint density at radius 3 is 1.10 bits per heavy atom. The monoisotopic (exact) mass is 1200 g/mol. The second-order valence-electron chi connectivity index (χ2n) is 23.0. The maximum atomic E-state index is 14.1. The lowest BCUT2D eigenvalue weighted by Gasteiger charge is -2.27. The summed E-state index contributed by atoms with van der Waals surface area (Å²) < 4.78 is 0. The van der Waals surface area contributed by atoms with Gasteiger partial charge in [-0.15, -0.1) is 0 Å². The summed E-state index contributed by atoms with van der Waals surface area (Å²) in [7, 11) is 0. The first-order valence-corrected chi connectivity index (χ1v) is 30.4. The van der Waals surface area contributed by atoms with Crippen LogP contribution in [0.15, 0.2) is 121 Å². The first kappa shape index (κ1) is 71.4. The van der Waals surface area contributed by atoms with Crippen LogP contribution in [0.25, 0.3) is 0 Å². The Morgan fingerprint density at radius 1 is 0.368 bits per heavy atom. The molecule has 0 heterocycles. The van der Waals surface area contributed by atoms with Gasteiger partial charge in [0.25, 0.3) is 0 Å². The van der Waals surface area contributed by atoms with E-state index in [4.69, 9.17) is 22.9 Å². The lowest BCUT2D eigenvalue weighted by atomic mass is 9.99. The van der Waals surface area contributed by atoms with Crippen molar-refractivity contribution >= 4 is 53.2 Å². The molecule has 0 aliphatic carbocycles. The fourth-order valence-corrected chi connectivity index (χ4v) is 9.78. The molecule has 0 spiro atoms. The fourth-order valence-electron chi connectivity index (χ4n) is 9.78. The number of carboxylic acid groups (broad SMARTS) is 1. The molecule has 0 aromatic heterocycles. The van der Waals surface area contributed by atoms with Crippen molar-refractivity contribution in [3.8, 4) is 0 Å². The molecule has 22 nitrogen and oxygen atoms in total. The van der Waals surface area contributed by atoms with Crippen molar-refractivity contribution in [2.75, 3.05) is 19.6 Å². The van der Waals surface area contributed by atoms with Crippen molar-refractivity contribution in [3.63, 3.8) is 0 Å². The number of aliphatic carboxylic acids is 1. The van der Waals surface area contributed by atoms with Gasteiger partial charge in [-0.1, -0.05) is 149 Å². The molecule has 0 saturated heterocycles. The summed E-state index contributed by atoms with van der Waals surface area (Å²) in [5, 5.41) is 32.4. The molecule has 0 unspecified atom stereocenters. The number of amides is 8. The number of nitrogens with one attached hydrogen (secondary N) is 8. The predicted molar refractivity (Wildman–Crippen MR) is 335 cm³/mol. The van der Waals surface area contributed by atoms with Gasteiger partial charge in [0.2, 0.25) is 47.3 Å². The molecular weight excluding hydrogens is 1110 g/mol. The van der Waals surface area contributed by atoms with Gasteiger partial charge < -0.3 is 70.6 Å². The maximum Gasteiger partial charge on any atom is 0.326 e. The summed E-state index contributed by atoms with van der Waals surface area (Å²) in [4.78, 5) is 124. The van der Waals surface area contributed by atoms with Crippen LogP contribution in [0.2, 0.25) is 0 Å². The van der Waals surface area contributed by atoms with E-state index in [0.29, 0.717) is 12.8 Å². The van der Waals surface area contributed by atoms with E-state index in [9.17, 15) is 48.3 Å². The van der Waals surface area contributed by atoms with Crippen molar-refractivity contribution in [2.24, 2.45) is 34.8 Å². The number of rotatable bonds is 40. The maximum absolute atomic E-state index is 14.1. The Morgan fingerprint density at radius 2 is 0.690 bits per heavy atom. The molecule has 0 bridgehead atoms. The highest BCUT2D eigenvalue weighted by molar-refractivity contribution is 5.96. The Kier molecular flexibility index (Phi) is 31.9. The third-order valence-corrected chi connectivity index (χ3v) is 14.6. The zero-order valence-corrected chi connectivity index (χ0v) is 50.8. The van der Waals surface area contributed by atoms with Crippen LogP contribution >= 0.6 is 0 Å². The van der Waals surface area contributed by atoms with E-state index in [1.165, 1.54) is 0 Å². The van der Waals surface area contributed by atoms with Gasteiger partial charge in [-0.05, 0) is 131 Å². The second-order valence-corrected chi connectivity index (χ2v) is 23.0. The number of benzene rings is 4. The first-order chi connectivity index (χ1) is 41.7. The standard InChI is InChI=1S/C65H94N12O10/c1-42(2)37-54(76-61(82)52(33-32-44-21-9-5-10-22-44)71-57(78)48(68)39-45-23-11-6-12-24-45)62(83)72-50(30-19-34-66)59(80)70-36-18-17-29-53(65(86)87)74-60(81)51(31-20-35-67)73-63(84)55(38-43(3)4)77-64(85)56(41-47-27-15-8-16-28-47)75-58(79)49(69)40-46-25-13-7-14-26-46/h5-16,21-28,42-43,48-56H,17-20,29-41,66-69H2,1-4H3,(H,70,80)(H,71,78)(H,72,83)(H,73,84)(H,74,81)(H,75,79)(H,76,82)(H,77,85)(H,86,87)/t48-,49-,50-,51-,52-,53+,54-,55-,56-/m1/s1. The normalized spacial score (nSPS) is 14.3. The topological polar surface area (TPSA) is 374 Å². The van der Waals surface area contributed by atoms with E-state index in [0.717, 1.165) is 22.3 Å². The summed E-state index contributed by atoms with van der Waals surface area (Å²) in [6.45, 7) is 7.92. The van der Waals surface area contributed by atoms with Crippen LogP contribution in [0.5, 0.6) is 0 Å². The van der Waals surface area contributed by atoms with Crippen LogP contribution in [0.1, 0.15) is 114 Å². The molecule has 87 heavy (non-hydrogen) atoms. The number of unbranched alkanes of at least 4 members (excludes halogenated alkanes) is 1. The molecule has 0 aliphatic rings. The lowest BCUT2D eigenvalue weighted by Crippen LogP contribution is -2.59. The minimum atomic E-state index is -1.39. The van der Waals surface area contributed by atoms with E-state index >= 15 is 0 Å². The second kappa shape index (κ2) is 38.9. The van der Waals surface area contributed by atoms with Crippen molar-refractivity contribution < 1.29 is 48.3 Å². The number of aryl methyl sites for hydroxylation is 1. The molecule has 0 aliphatic heterocycles. The van der Waals surface area contributed by atoms with Crippen molar-refractivity contribution in [2.45, 2.75) is 172 Å². The van der Waals surface area contributed by atoms with Gasteiger partial charge in [0.05, 0.1) is 12.1 Å². The molecule has 22 heteroatoms. The molecule has 17 N–H and O–H groups in total. The van der Waals surface area contributed by atoms with Crippen molar-refractivity contribution in [1.82, 2.24) is 42.5 Å². The Balaban J connectivity index is 1.37. The average molecular weight is 1200 g/mol. The summed E-state index contributed by atoms with van der Waals surface area (Å²) in [5.74, 6) is -6.49. The van der Waals surface area contributed by atoms with Crippen LogP contribution in [-0.2, 0) is 68.8 Å². The Labute approximate surface area is 512 Å². The minimum Gasteiger partial charge on any atom is -0.480 e. The Bertz CT molecular complexity index is 2760. The van der Waals surface area contributed by atoms with Gasteiger partial charge in [-0.2, -0.15) is 0 Å². The van der Waals surface area contributed by atoms with E-state index in [-0.39, 0.29) is 109 Å². The third-order valence-electron chi connectivity index (χ3n) is 14.6. The summed E-state index contributed by atoms with van der Waals surface area (Å²) in [6.07, 6.45) is 2.86. The van der Waals surface area contributed by atoms with Crippen molar-refractivity contribution in [3.05, 3.63) is 144 Å². The molecule has 9 atom stereocenters. The smallest absolute Gasteiger partial charge is 0.326 e. The number of hydrogen-bond acceptors (Lipinski definition) is 13. The van der Waals surface area contributed by atoms with Gasteiger partial charge in [-0.3, -0.25) is 38.4 Å². The molecule has 474 valence electrons. The van der Waals surface area contributed by atoms with Crippen LogP contribution < -0.4 is 65.5 Å². The van der Waals surface area contributed by atoms with E-state index in [1.807, 2.05) is 125 Å². The Hall–Kier alpha value is -8.05. The quantitative estimate of drug-likeness (QED) is 0.0285. The van der Waals surface area contributed by atoms with Crippen LogP contribution in [0, 0.1) is 11.8 Å². The zero-order valence-electron chi connectivity index (χ0n) is 50.8. The summed E-state index contributed by atoms with van der Waals surface area (Å²) >= 11 is 0. The van der Waals surface area contributed by atoms with Gasteiger partial charge in [0.15, 0.2) is 0 Å². The van der Waals surface area contributed by atoms with Gasteiger partial charge in [-0.25, -0.2) is 4.79 Å². The average Bonchev–Trinajstić information content (AvgIpc) is 3.53. The van der Waals surface area contributed by atoms with Gasteiger partial charge >= 0.3 is 5.97 Å². The van der Waals surface area contributed by atoms with E-state index in [1.54, 1.807) is 24.3 Å². The van der Waals surface area contributed by atoms with Gasteiger partial charge in [0, 0.05) is 13.0 Å². The lowest BCUT2D eigenvalue weighted by molar-refractivity contribution is -0.142. The first-order valence-electron chi connectivity index (χ1n) is 30.4. The van der Waals surface area contributed by atoms with E-state index in [2.05, 4.69) is 42.5 Å². The molecule has 8 amide bonds. The highest BCUT2D eigenvalue weighted by Gasteiger charge is 2.34. The van der Waals surface area contributed by atoms with E-state index < -0.39 is 108 Å². The molecule has 4 rings (SSSR count). The van der Waals surface area contributed by atoms with Crippen LogP contribution in [0.4, 0.5) is 0 Å². The number of nitrogens with two attached hydrogens (primary N) is 4. The highest BCUT2D eigenvalue weighted by atomic mass is 16.4. The molecule has 0 radical (unpaired) electrons. The fraction of sp³-hybridized carbons (Fsp3) is 0.492.